The topological polar surface area (TPSA) is 66.8 Å². The SMILES string of the molecule is CN1C(=NC(=O)C2CC2)S[C@H]2CS(=O)(=O)C[C@H]21. The first kappa shape index (κ1) is 11.5. The summed E-state index contributed by atoms with van der Waals surface area (Å²) in [7, 11) is -1.07. The number of nitrogens with zero attached hydrogens (tertiary/aromatic N) is 2. The molecule has 17 heavy (non-hydrogen) atoms. The molecule has 3 fully saturated rings. The second-order valence-electron chi connectivity index (χ2n) is 4.92. The lowest BCUT2D eigenvalue weighted by Gasteiger charge is -2.17. The maximum absolute atomic E-state index is 11.6. The molecule has 94 valence electrons. The molecule has 2 atom stereocenters. The number of carbonyl (C=O) groups is 1. The molecule has 0 bridgehead atoms. The number of aliphatic imine (C=N–C) groups is 1. The number of amides is 1. The molecule has 0 unspecified atom stereocenters. The third-order valence-corrected chi connectivity index (χ3v) is 6.76. The molecule has 2 aliphatic heterocycles. The number of rotatable bonds is 1. The number of hydrogen-bond acceptors (Lipinski definition) is 4. The lowest BCUT2D eigenvalue weighted by molar-refractivity contribution is -0.118. The molecule has 1 aliphatic carbocycles. The highest BCUT2D eigenvalue weighted by molar-refractivity contribution is 8.15. The van der Waals surface area contributed by atoms with Crippen LogP contribution in [0.3, 0.4) is 0 Å². The number of sulfone groups is 1. The van der Waals surface area contributed by atoms with Gasteiger partial charge in [-0.3, -0.25) is 4.79 Å². The van der Waals surface area contributed by atoms with E-state index >= 15 is 0 Å². The smallest absolute Gasteiger partial charge is 0.251 e. The first-order valence-electron chi connectivity index (χ1n) is 5.69. The van der Waals surface area contributed by atoms with Crippen LogP contribution in [0.25, 0.3) is 0 Å². The normalized spacial score (nSPS) is 37.5. The average molecular weight is 274 g/mol. The minimum absolute atomic E-state index is 0.00393. The van der Waals surface area contributed by atoms with Crippen LogP contribution in [-0.2, 0) is 14.6 Å². The van der Waals surface area contributed by atoms with Crippen LogP contribution in [0.1, 0.15) is 12.8 Å². The zero-order chi connectivity index (χ0) is 12.2. The number of hydrogen-bond donors (Lipinski definition) is 0. The molecule has 7 heteroatoms. The van der Waals surface area contributed by atoms with Crippen LogP contribution in [0, 0.1) is 5.92 Å². The average Bonchev–Trinajstić information content (AvgIpc) is 2.98. The van der Waals surface area contributed by atoms with E-state index in [1.54, 1.807) is 0 Å². The van der Waals surface area contributed by atoms with Crippen molar-refractivity contribution in [2.45, 2.75) is 24.1 Å². The van der Waals surface area contributed by atoms with Crippen molar-refractivity contribution in [3.63, 3.8) is 0 Å². The third-order valence-electron chi connectivity index (χ3n) is 3.46. The molecule has 0 aromatic heterocycles. The fourth-order valence-corrected chi connectivity index (χ4v) is 6.25. The van der Waals surface area contributed by atoms with E-state index in [1.165, 1.54) is 11.8 Å². The van der Waals surface area contributed by atoms with Crippen LogP contribution in [0.15, 0.2) is 4.99 Å². The molecule has 1 saturated carbocycles. The summed E-state index contributed by atoms with van der Waals surface area (Å²) in [6.07, 6.45) is 1.90. The van der Waals surface area contributed by atoms with Gasteiger partial charge in [0.2, 0.25) is 0 Å². The fourth-order valence-electron chi connectivity index (χ4n) is 2.25. The lowest BCUT2D eigenvalue weighted by atomic mass is 10.2. The molecule has 0 radical (unpaired) electrons. The summed E-state index contributed by atoms with van der Waals surface area (Å²) in [4.78, 5) is 17.6. The second kappa shape index (κ2) is 3.71. The van der Waals surface area contributed by atoms with E-state index in [9.17, 15) is 13.2 Å². The zero-order valence-electron chi connectivity index (χ0n) is 9.50. The van der Waals surface area contributed by atoms with Crippen LogP contribution < -0.4 is 0 Å². The summed E-state index contributed by atoms with van der Waals surface area (Å²) in [5.41, 5.74) is 0. The van der Waals surface area contributed by atoms with Gasteiger partial charge in [0.15, 0.2) is 15.0 Å². The maximum atomic E-state index is 11.6. The van der Waals surface area contributed by atoms with Gasteiger partial charge in [-0.2, -0.15) is 4.99 Å². The van der Waals surface area contributed by atoms with E-state index in [0.717, 1.165) is 12.8 Å². The molecular formula is C10H14N2O3S2. The van der Waals surface area contributed by atoms with Gasteiger partial charge in [-0.05, 0) is 12.8 Å². The molecule has 0 N–H and O–H groups in total. The van der Waals surface area contributed by atoms with Crippen molar-refractivity contribution >= 4 is 32.7 Å². The van der Waals surface area contributed by atoms with Crippen LogP contribution in [0.2, 0.25) is 0 Å². The van der Waals surface area contributed by atoms with Gasteiger partial charge < -0.3 is 4.90 Å². The molecule has 0 aromatic carbocycles. The van der Waals surface area contributed by atoms with Crippen molar-refractivity contribution in [3.05, 3.63) is 0 Å². The van der Waals surface area contributed by atoms with Gasteiger partial charge in [0, 0.05) is 18.2 Å². The highest BCUT2D eigenvalue weighted by Gasteiger charge is 2.47. The second-order valence-corrected chi connectivity index (χ2v) is 8.28. The number of thioether (sulfide) groups is 1. The Bertz CT molecular complexity index is 496. The summed E-state index contributed by atoms with van der Waals surface area (Å²) in [5, 5.41) is 0.752. The number of carbonyl (C=O) groups excluding carboxylic acids is 1. The highest BCUT2D eigenvalue weighted by Crippen LogP contribution is 2.38. The van der Waals surface area contributed by atoms with E-state index in [2.05, 4.69) is 4.99 Å². The first-order chi connectivity index (χ1) is 7.96. The minimum atomic E-state index is -2.90. The summed E-state index contributed by atoms with van der Waals surface area (Å²) in [6, 6.07) is -0.00393. The standard InChI is InChI=1S/C10H14N2O3S2/c1-12-7-4-17(14,15)5-8(7)16-10(12)11-9(13)6-2-3-6/h6-8H,2-5H2,1H3/t7-,8+/m1/s1. The Morgan fingerprint density at radius 2 is 2.12 bits per heavy atom. The van der Waals surface area contributed by atoms with Crippen LogP contribution in [-0.4, -0.2) is 54.2 Å². The van der Waals surface area contributed by atoms with Gasteiger partial charge in [0.25, 0.3) is 5.91 Å². The maximum Gasteiger partial charge on any atom is 0.251 e. The predicted octanol–water partition coefficient (Wildman–Crippen LogP) is 0.123. The van der Waals surface area contributed by atoms with E-state index in [4.69, 9.17) is 0 Å². The lowest BCUT2D eigenvalue weighted by Crippen LogP contribution is -2.34. The Balaban J connectivity index is 1.77. The fraction of sp³-hybridized carbons (Fsp3) is 0.800. The Kier molecular flexibility index (Phi) is 2.52. The van der Waals surface area contributed by atoms with E-state index in [1.807, 2.05) is 11.9 Å². The van der Waals surface area contributed by atoms with Crippen molar-refractivity contribution in [2.75, 3.05) is 18.6 Å². The van der Waals surface area contributed by atoms with Crippen molar-refractivity contribution in [2.24, 2.45) is 10.9 Å². The molecule has 2 saturated heterocycles. The predicted molar refractivity (Wildman–Crippen MR) is 66.7 cm³/mol. The molecule has 5 nitrogen and oxygen atoms in total. The van der Waals surface area contributed by atoms with Gasteiger partial charge in [0.1, 0.15) is 0 Å². The monoisotopic (exact) mass is 274 g/mol. The first-order valence-corrected chi connectivity index (χ1v) is 8.39. The molecule has 2 heterocycles. The summed E-state index contributed by atoms with van der Waals surface area (Å²) in [5.74, 6) is 0.490. The summed E-state index contributed by atoms with van der Waals surface area (Å²) >= 11 is 1.44. The quantitative estimate of drug-likeness (QED) is 0.679. The number of amidine groups is 1. The molecule has 1 amide bonds. The van der Waals surface area contributed by atoms with E-state index < -0.39 is 9.84 Å². The Labute approximate surface area is 105 Å². The molecule has 0 spiro atoms. The molecule has 3 rings (SSSR count). The molecule has 0 aromatic rings. The molecule has 3 aliphatic rings. The largest absolute Gasteiger partial charge is 0.349 e. The summed E-state index contributed by atoms with van der Waals surface area (Å²) in [6.45, 7) is 0. The zero-order valence-corrected chi connectivity index (χ0v) is 11.1. The third kappa shape index (κ3) is 2.10. The van der Waals surface area contributed by atoms with Crippen LogP contribution in [0.4, 0.5) is 0 Å². The Hall–Kier alpha value is -0.560. The highest BCUT2D eigenvalue weighted by atomic mass is 32.2. The van der Waals surface area contributed by atoms with Gasteiger partial charge >= 0.3 is 0 Å². The van der Waals surface area contributed by atoms with Crippen molar-refractivity contribution in [1.29, 1.82) is 0 Å². The van der Waals surface area contributed by atoms with Gasteiger partial charge in [-0.1, -0.05) is 11.8 Å². The van der Waals surface area contributed by atoms with Crippen LogP contribution in [0.5, 0.6) is 0 Å². The van der Waals surface area contributed by atoms with Crippen molar-refractivity contribution in [1.82, 2.24) is 4.90 Å². The van der Waals surface area contributed by atoms with Crippen LogP contribution >= 0.6 is 11.8 Å². The summed E-state index contributed by atoms with van der Waals surface area (Å²) < 4.78 is 23.0. The van der Waals surface area contributed by atoms with Gasteiger partial charge in [-0.15, -0.1) is 0 Å². The van der Waals surface area contributed by atoms with Crippen molar-refractivity contribution in [3.8, 4) is 0 Å². The number of fused-ring (bicyclic) bond motifs is 1. The van der Waals surface area contributed by atoms with Gasteiger partial charge in [0.05, 0.1) is 17.5 Å². The minimum Gasteiger partial charge on any atom is -0.349 e. The van der Waals surface area contributed by atoms with E-state index in [-0.39, 0.29) is 34.6 Å². The Morgan fingerprint density at radius 3 is 2.71 bits per heavy atom. The van der Waals surface area contributed by atoms with Crippen molar-refractivity contribution < 1.29 is 13.2 Å². The molecular weight excluding hydrogens is 260 g/mol. The van der Waals surface area contributed by atoms with Gasteiger partial charge in [-0.25, -0.2) is 8.42 Å². The Morgan fingerprint density at radius 1 is 1.41 bits per heavy atom. The van der Waals surface area contributed by atoms with E-state index in [0.29, 0.717) is 5.17 Å².